The van der Waals surface area contributed by atoms with E-state index >= 15 is 0 Å². The topological polar surface area (TPSA) is 51.2 Å². The Labute approximate surface area is 157 Å². The average Bonchev–Trinajstić information content (AvgIpc) is 2.63. The SMILES string of the molecule is O=C(Nc1ccc(OC(F)(F)F)cc1)c1ccc(-c2ccccc2Cl)nc1. The van der Waals surface area contributed by atoms with Crippen molar-refractivity contribution in [1.82, 2.24) is 4.98 Å². The molecule has 3 aromatic rings. The number of ether oxygens (including phenoxy) is 1. The molecule has 1 aromatic heterocycles. The van der Waals surface area contributed by atoms with Crippen molar-refractivity contribution >= 4 is 23.2 Å². The molecule has 0 aliphatic rings. The molecule has 3 rings (SSSR count). The van der Waals surface area contributed by atoms with Crippen LogP contribution in [-0.2, 0) is 0 Å². The van der Waals surface area contributed by atoms with Crippen LogP contribution in [0.25, 0.3) is 11.3 Å². The summed E-state index contributed by atoms with van der Waals surface area (Å²) in [6.07, 6.45) is -3.37. The fourth-order valence-electron chi connectivity index (χ4n) is 2.30. The van der Waals surface area contributed by atoms with Crippen molar-refractivity contribution in [2.45, 2.75) is 6.36 Å². The van der Waals surface area contributed by atoms with Gasteiger partial charge in [0, 0.05) is 22.5 Å². The summed E-state index contributed by atoms with van der Waals surface area (Å²) in [5.41, 5.74) is 1.98. The van der Waals surface area contributed by atoms with Crippen molar-refractivity contribution in [1.29, 1.82) is 0 Å². The third-order valence-electron chi connectivity index (χ3n) is 3.52. The van der Waals surface area contributed by atoms with Crippen LogP contribution in [0, 0.1) is 0 Å². The first-order chi connectivity index (χ1) is 12.8. The number of hydrogen-bond donors (Lipinski definition) is 1. The Morgan fingerprint density at radius 1 is 1.00 bits per heavy atom. The third kappa shape index (κ3) is 4.98. The zero-order chi connectivity index (χ0) is 19.4. The lowest BCUT2D eigenvalue weighted by Gasteiger charge is -2.10. The summed E-state index contributed by atoms with van der Waals surface area (Å²) in [6.45, 7) is 0. The summed E-state index contributed by atoms with van der Waals surface area (Å²) in [6, 6.07) is 15.3. The molecule has 0 saturated heterocycles. The van der Waals surface area contributed by atoms with Crippen LogP contribution >= 0.6 is 11.6 Å². The highest BCUT2D eigenvalue weighted by Gasteiger charge is 2.30. The maximum atomic E-state index is 12.3. The Bertz CT molecular complexity index is 942. The Kier molecular flexibility index (Phi) is 5.32. The maximum absolute atomic E-state index is 12.3. The van der Waals surface area contributed by atoms with Gasteiger partial charge in [0.15, 0.2) is 0 Å². The molecule has 4 nitrogen and oxygen atoms in total. The number of nitrogens with zero attached hydrogens (tertiary/aromatic N) is 1. The van der Waals surface area contributed by atoms with E-state index in [9.17, 15) is 18.0 Å². The van der Waals surface area contributed by atoms with Gasteiger partial charge >= 0.3 is 6.36 Å². The van der Waals surface area contributed by atoms with E-state index in [-0.39, 0.29) is 5.75 Å². The van der Waals surface area contributed by atoms with Crippen molar-refractivity contribution in [2.75, 3.05) is 5.32 Å². The molecule has 0 unspecified atom stereocenters. The van der Waals surface area contributed by atoms with E-state index in [0.29, 0.717) is 22.0 Å². The van der Waals surface area contributed by atoms with E-state index in [2.05, 4.69) is 15.0 Å². The average molecular weight is 393 g/mol. The number of hydrogen-bond acceptors (Lipinski definition) is 3. The van der Waals surface area contributed by atoms with Crippen LogP contribution in [0.1, 0.15) is 10.4 Å². The zero-order valence-corrected chi connectivity index (χ0v) is 14.4. The minimum Gasteiger partial charge on any atom is -0.406 e. The predicted molar refractivity (Wildman–Crippen MR) is 95.8 cm³/mol. The van der Waals surface area contributed by atoms with Crippen LogP contribution in [-0.4, -0.2) is 17.3 Å². The quantitative estimate of drug-likeness (QED) is 0.633. The fourth-order valence-corrected chi connectivity index (χ4v) is 2.53. The second-order valence-electron chi connectivity index (χ2n) is 5.44. The number of alkyl halides is 3. The van der Waals surface area contributed by atoms with Crippen molar-refractivity contribution in [2.24, 2.45) is 0 Å². The number of pyridine rings is 1. The molecule has 0 aliphatic carbocycles. The van der Waals surface area contributed by atoms with Gasteiger partial charge in [0.05, 0.1) is 11.3 Å². The van der Waals surface area contributed by atoms with Gasteiger partial charge in [0.2, 0.25) is 0 Å². The Morgan fingerprint density at radius 2 is 1.70 bits per heavy atom. The van der Waals surface area contributed by atoms with E-state index in [1.54, 1.807) is 24.3 Å². The summed E-state index contributed by atoms with van der Waals surface area (Å²) in [5.74, 6) is -0.816. The van der Waals surface area contributed by atoms with E-state index in [1.807, 2.05) is 12.1 Å². The number of carbonyl (C=O) groups is 1. The monoisotopic (exact) mass is 392 g/mol. The Hall–Kier alpha value is -3.06. The van der Waals surface area contributed by atoms with Gasteiger partial charge in [-0.05, 0) is 42.5 Å². The van der Waals surface area contributed by atoms with Crippen LogP contribution in [0.4, 0.5) is 18.9 Å². The lowest BCUT2D eigenvalue weighted by atomic mass is 10.1. The standard InChI is InChI=1S/C19H12ClF3N2O2/c20-16-4-2-1-3-15(16)17-10-5-12(11-24-17)18(26)25-13-6-8-14(9-7-13)27-19(21,22)23/h1-11H,(H,25,26). The molecular formula is C19H12ClF3N2O2. The van der Waals surface area contributed by atoms with Crippen molar-refractivity contribution < 1.29 is 22.7 Å². The Balaban J connectivity index is 1.69. The van der Waals surface area contributed by atoms with Gasteiger partial charge in [-0.3, -0.25) is 9.78 Å². The number of carbonyl (C=O) groups excluding carboxylic acids is 1. The summed E-state index contributed by atoms with van der Waals surface area (Å²) in [4.78, 5) is 16.5. The number of benzene rings is 2. The van der Waals surface area contributed by atoms with Crippen molar-refractivity contribution in [3.8, 4) is 17.0 Å². The molecular weight excluding hydrogens is 381 g/mol. The summed E-state index contributed by atoms with van der Waals surface area (Å²) in [7, 11) is 0. The van der Waals surface area contributed by atoms with Gasteiger partial charge in [-0.15, -0.1) is 13.2 Å². The molecule has 0 spiro atoms. The minimum absolute atomic E-state index is 0.293. The molecule has 1 amide bonds. The molecule has 138 valence electrons. The van der Waals surface area contributed by atoms with Gasteiger partial charge in [0.1, 0.15) is 5.75 Å². The zero-order valence-electron chi connectivity index (χ0n) is 13.6. The first-order valence-corrected chi connectivity index (χ1v) is 8.08. The fraction of sp³-hybridized carbons (Fsp3) is 0.0526. The van der Waals surface area contributed by atoms with Gasteiger partial charge < -0.3 is 10.1 Å². The largest absolute Gasteiger partial charge is 0.573 e. The van der Waals surface area contributed by atoms with Crippen LogP contribution < -0.4 is 10.1 Å². The van der Waals surface area contributed by atoms with Crippen molar-refractivity contribution in [3.63, 3.8) is 0 Å². The first-order valence-electron chi connectivity index (χ1n) is 7.70. The van der Waals surface area contributed by atoms with Gasteiger partial charge in [0.25, 0.3) is 5.91 Å². The second kappa shape index (κ2) is 7.67. The normalized spacial score (nSPS) is 11.1. The Morgan fingerprint density at radius 3 is 2.30 bits per heavy atom. The second-order valence-corrected chi connectivity index (χ2v) is 5.85. The number of halogens is 4. The summed E-state index contributed by atoms with van der Waals surface area (Å²) >= 11 is 6.12. The van der Waals surface area contributed by atoms with Crippen LogP contribution in [0.2, 0.25) is 5.02 Å². The lowest BCUT2D eigenvalue weighted by Crippen LogP contribution is -2.17. The summed E-state index contributed by atoms with van der Waals surface area (Å²) in [5, 5.41) is 3.12. The molecule has 0 bridgehead atoms. The number of anilines is 1. The minimum atomic E-state index is -4.76. The van der Waals surface area contributed by atoms with Crippen LogP contribution in [0.3, 0.4) is 0 Å². The molecule has 2 aromatic carbocycles. The molecule has 0 saturated carbocycles. The molecule has 1 heterocycles. The van der Waals surface area contributed by atoms with Gasteiger partial charge in [-0.2, -0.15) is 0 Å². The predicted octanol–water partition coefficient (Wildman–Crippen LogP) is 5.55. The lowest BCUT2D eigenvalue weighted by molar-refractivity contribution is -0.274. The first kappa shape index (κ1) is 18.7. The molecule has 27 heavy (non-hydrogen) atoms. The van der Waals surface area contributed by atoms with E-state index in [1.165, 1.54) is 18.3 Å². The molecule has 0 atom stereocenters. The van der Waals surface area contributed by atoms with Gasteiger partial charge in [-0.25, -0.2) is 0 Å². The highest BCUT2D eigenvalue weighted by atomic mass is 35.5. The maximum Gasteiger partial charge on any atom is 0.573 e. The third-order valence-corrected chi connectivity index (χ3v) is 3.85. The molecule has 0 fully saturated rings. The number of aromatic nitrogens is 1. The van der Waals surface area contributed by atoms with E-state index < -0.39 is 12.3 Å². The number of nitrogens with one attached hydrogen (secondary N) is 1. The molecule has 0 radical (unpaired) electrons. The smallest absolute Gasteiger partial charge is 0.406 e. The van der Waals surface area contributed by atoms with Crippen LogP contribution in [0.15, 0.2) is 66.9 Å². The molecule has 1 N–H and O–H groups in total. The van der Waals surface area contributed by atoms with E-state index in [4.69, 9.17) is 11.6 Å². The molecule has 8 heteroatoms. The van der Waals surface area contributed by atoms with E-state index in [0.717, 1.165) is 17.7 Å². The summed E-state index contributed by atoms with van der Waals surface area (Å²) < 4.78 is 40.2. The number of amides is 1. The highest BCUT2D eigenvalue weighted by Crippen LogP contribution is 2.26. The highest BCUT2D eigenvalue weighted by molar-refractivity contribution is 6.33. The number of rotatable bonds is 4. The van der Waals surface area contributed by atoms with Crippen LogP contribution in [0.5, 0.6) is 5.75 Å². The van der Waals surface area contributed by atoms with Gasteiger partial charge in [-0.1, -0.05) is 29.8 Å². The van der Waals surface area contributed by atoms with Crippen molar-refractivity contribution in [3.05, 3.63) is 77.4 Å². The molecule has 0 aliphatic heterocycles.